The lowest BCUT2D eigenvalue weighted by atomic mass is 10.1. The lowest BCUT2D eigenvalue weighted by Crippen LogP contribution is -2.46. The van der Waals surface area contributed by atoms with E-state index in [-0.39, 0.29) is 31.6 Å². The van der Waals surface area contributed by atoms with Crippen LogP contribution in [0.2, 0.25) is 0 Å². The van der Waals surface area contributed by atoms with Gasteiger partial charge in [0.15, 0.2) is 0 Å². The van der Waals surface area contributed by atoms with Crippen LogP contribution in [0.1, 0.15) is 12.8 Å². The van der Waals surface area contributed by atoms with Gasteiger partial charge in [0, 0.05) is 25.6 Å². The quantitative estimate of drug-likeness (QED) is 0.384. The third-order valence-corrected chi connectivity index (χ3v) is 3.29. The summed E-state index contributed by atoms with van der Waals surface area (Å²) in [5.41, 5.74) is 14.9. The van der Waals surface area contributed by atoms with Crippen molar-refractivity contribution in [1.29, 1.82) is 0 Å². The first-order valence-electron chi connectivity index (χ1n) is 7.17. The van der Waals surface area contributed by atoms with Crippen LogP contribution in [0.15, 0.2) is 18.2 Å². The van der Waals surface area contributed by atoms with Gasteiger partial charge in [-0.15, -0.1) is 0 Å². The van der Waals surface area contributed by atoms with Gasteiger partial charge in [-0.25, -0.2) is 0 Å². The van der Waals surface area contributed by atoms with E-state index in [2.05, 4.69) is 0 Å². The van der Waals surface area contributed by atoms with E-state index in [4.69, 9.17) is 17.2 Å². The van der Waals surface area contributed by atoms with Crippen LogP contribution in [0.3, 0.4) is 0 Å². The lowest BCUT2D eigenvalue weighted by molar-refractivity contribution is -0.393. The Morgan fingerprint density at radius 3 is 2.32 bits per heavy atom. The highest BCUT2D eigenvalue weighted by molar-refractivity contribution is 5.99. The minimum atomic E-state index is -1.13. The van der Waals surface area contributed by atoms with Crippen molar-refractivity contribution in [1.82, 2.24) is 0 Å². The Kier molecular flexibility index (Phi) is 6.90. The molecule has 0 aliphatic rings. The smallest absolute Gasteiger partial charge is 0.299 e. The second kappa shape index (κ2) is 8.65. The molecular weight excluding hydrogens is 336 g/mol. The molecule has 1 rings (SSSR count). The van der Waals surface area contributed by atoms with Crippen molar-refractivity contribution in [3.8, 4) is 0 Å². The van der Waals surface area contributed by atoms with Gasteiger partial charge in [0.25, 0.3) is 11.4 Å². The molecule has 0 bridgehead atoms. The number of hydrogen-bond acceptors (Lipinski definition) is 8. The van der Waals surface area contributed by atoms with E-state index in [1.807, 2.05) is 0 Å². The zero-order valence-corrected chi connectivity index (χ0v) is 13.2. The van der Waals surface area contributed by atoms with E-state index >= 15 is 0 Å². The standard InChI is InChI=1S/C13H18N6O6/c14-5-6-17(13(21)9(15)2-4-12(16)20)10-3-1-8(18(22)23)7-11(10)19(24)25/h1,3,7,9H,2,4-6,14-15H2,(H2,16,20)/t9-/m0/s1. The molecule has 12 heteroatoms. The van der Waals surface area contributed by atoms with Gasteiger partial charge in [0.05, 0.1) is 22.0 Å². The predicted molar refractivity (Wildman–Crippen MR) is 87.6 cm³/mol. The molecule has 0 aliphatic heterocycles. The molecular formula is C13H18N6O6. The average molecular weight is 354 g/mol. The Morgan fingerprint density at radius 1 is 1.20 bits per heavy atom. The number of nitro benzene ring substituents is 2. The average Bonchev–Trinajstić information content (AvgIpc) is 2.56. The van der Waals surface area contributed by atoms with Crippen LogP contribution in [-0.2, 0) is 9.59 Å². The van der Waals surface area contributed by atoms with Crippen LogP contribution in [-0.4, -0.2) is 40.8 Å². The summed E-state index contributed by atoms with van der Waals surface area (Å²) in [6.45, 7) is -0.121. The van der Waals surface area contributed by atoms with Crippen LogP contribution in [0.25, 0.3) is 0 Å². The summed E-state index contributed by atoms with van der Waals surface area (Å²) in [5.74, 6) is -1.35. The normalized spacial score (nSPS) is 11.6. The van der Waals surface area contributed by atoms with Crippen molar-refractivity contribution in [3.05, 3.63) is 38.4 Å². The van der Waals surface area contributed by atoms with Gasteiger partial charge in [-0.1, -0.05) is 0 Å². The summed E-state index contributed by atoms with van der Waals surface area (Å²) >= 11 is 0. The second-order valence-electron chi connectivity index (χ2n) is 5.08. The molecule has 12 nitrogen and oxygen atoms in total. The summed E-state index contributed by atoms with van der Waals surface area (Å²) in [6, 6.07) is 1.74. The Balaban J connectivity index is 3.25. The maximum atomic E-state index is 12.5. The number of nitro groups is 2. The van der Waals surface area contributed by atoms with Crippen molar-refractivity contribution in [2.45, 2.75) is 18.9 Å². The molecule has 0 fully saturated rings. The highest BCUT2D eigenvalue weighted by Gasteiger charge is 2.29. The molecule has 136 valence electrons. The largest absolute Gasteiger partial charge is 0.370 e. The monoisotopic (exact) mass is 354 g/mol. The Morgan fingerprint density at radius 2 is 1.84 bits per heavy atom. The minimum Gasteiger partial charge on any atom is -0.370 e. The Bertz CT molecular complexity index is 694. The summed E-state index contributed by atoms with van der Waals surface area (Å²) < 4.78 is 0. The maximum absolute atomic E-state index is 12.5. The molecule has 0 saturated heterocycles. The topological polar surface area (TPSA) is 202 Å². The van der Waals surface area contributed by atoms with Crippen LogP contribution < -0.4 is 22.1 Å². The van der Waals surface area contributed by atoms with Gasteiger partial charge in [-0.3, -0.25) is 29.8 Å². The third-order valence-electron chi connectivity index (χ3n) is 3.29. The number of carbonyl (C=O) groups is 2. The summed E-state index contributed by atoms with van der Waals surface area (Å²) in [7, 11) is 0. The highest BCUT2D eigenvalue weighted by atomic mass is 16.6. The first-order chi connectivity index (χ1) is 11.7. The van der Waals surface area contributed by atoms with Crippen LogP contribution >= 0.6 is 0 Å². The molecule has 0 heterocycles. The van der Waals surface area contributed by atoms with Gasteiger partial charge in [0.2, 0.25) is 11.8 Å². The second-order valence-corrected chi connectivity index (χ2v) is 5.08. The number of non-ortho nitro benzene ring substituents is 1. The minimum absolute atomic E-state index is 0.0254. The fourth-order valence-corrected chi connectivity index (χ4v) is 2.10. The van der Waals surface area contributed by atoms with Crippen molar-refractivity contribution in [2.75, 3.05) is 18.0 Å². The van der Waals surface area contributed by atoms with Crippen molar-refractivity contribution < 1.29 is 19.4 Å². The maximum Gasteiger partial charge on any atom is 0.299 e. The molecule has 0 spiro atoms. The Labute approximate surface area is 141 Å². The highest BCUT2D eigenvalue weighted by Crippen LogP contribution is 2.32. The fourth-order valence-electron chi connectivity index (χ4n) is 2.10. The van der Waals surface area contributed by atoms with Crippen LogP contribution in [0, 0.1) is 20.2 Å². The molecule has 0 saturated carbocycles. The fraction of sp³-hybridized carbons (Fsp3) is 0.385. The number of carbonyl (C=O) groups excluding carboxylic acids is 2. The molecule has 2 amide bonds. The first-order valence-corrected chi connectivity index (χ1v) is 7.17. The van der Waals surface area contributed by atoms with Gasteiger partial charge in [-0.05, 0) is 12.5 Å². The number of primary amides is 1. The van der Waals surface area contributed by atoms with Gasteiger partial charge in [0.1, 0.15) is 5.69 Å². The number of anilines is 1. The van der Waals surface area contributed by atoms with Gasteiger partial charge in [-0.2, -0.15) is 0 Å². The zero-order chi connectivity index (χ0) is 19.1. The van der Waals surface area contributed by atoms with E-state index < -0.39 is 39.1 Å². The van der Waals surface area contributed by atoms with E-state index in [1.165, 1.54) is 0 Å². The molecule has 0 unspecified atom stereocenters. The van der Waals surface area contributed by atoms with E-state index in [0.29, 0.717) is 0 Å². The Hall–Kier alpha value is -3.12. The summed E-state index contributed by atoms with van der Waals surface area (Å²) in [4.78, 5) is 44.7. The van der Waals surface area contributed by atoms with Crippen LogP contribution in [0.5, 0.6) is 0 Å². The number of amides is 2. The molecule has 0 aromatic heterocycles. The lowest BCUT2D eigenvalue weighted by Gasteiger charge is -2.25. The van der Waals surface area contributed by atoms with E-state index in [0.717, 1.165) is 23.1 Å². The van der Waals surface area contributed by atoms with E-state index in [1.54, 1.807) is 0 Å². The van der Waals surface area contributed by atoms with E-state index in [9.17, 15) is 29.8 Å². The summed E-state index contributed by atoms with van der Waals surface area (Å²) in [6.07, 6.45) is -0.179. The number of rotatable bonds is 9. The molecule has 0 radical (unpaired) electrons. The molecule has 0 aliphatic carbocycles. The molecule has 1 atom stereocenters. The zero-order valence-electron chi connectivity index (χ0n) is 13.2. The number of nitrogens with two attached hydrogens (primary N) is 3. The predicted octanol–water partition coefficient (Wildman–Crippen LogP) is -0.612. The molecule has 6 N–H and O–H groups in total. The summed E-state index contributed by atoms with van der Waals surface area (Å²) in [5, 5.41) is 22.0. The SMILES string of the molecule is NCCN(C(=O)[C@@H](N)CCC(N)=O)c1ccc([N+](=O)[O-])cc1[N+](=O)[O-]. The van der Waals surface area contributed by atoms with Crippen LogP contribution in [0.4, 0.5) is 17.1 Å². The number of benzene rings is 1. The third kappa shape index (κ3) is 5.19. The first kappa shape index (κ1) is 19.9. The van der Waals surface area contributed by atoms with Crippen molar-refractivity contribution in [2.24, 2.45) is 17.2 Å². The molecule has 1 aromatic carbocycles. The molecule has 1 aromatic rings. The van der Waals surface area contributed by atoms with Crippen molar-refractivity contribution in [3.63, 3.8) is 0 Å². The van der Waals surface area contributed by atoms with Gasteiger partial charge < -0.3 is 22.1 Å². The van der Waals surface area contributed by atoms with Gasteiger partial charge >= 0.3 is 0 Å². The van der Waals surface area contributed by atoms with Crippen molar-refractivity contribution >= 4 is 28.9 Å². The number of hydrogen-bond donors (Lipinski definition) is 3. The molecule has 25 heavy (non-hydrogen) atoms. The number of nitrogens with zero attached hydrogens (tertiary/aromatic N) is 3.